The van der Waals surface area contributed by atoms with Gasteiger partial charge in [-0.25, -0.2) is 0 Å². The van der Waals surface area contributed by atoms with Crippen molar-refractivity contribution in [3.05, 3.63) is 146 Å². The van der Waals surface area contributed by atoms with Crippen molar-refractivity contribution in [1.82, 2.24) is 4.57 Å². The molecule has 0 spiro atoms. The number of hydrogen-bond donors (Lipinski definition) is 0. The van der Waals surface area contributed by atoms with Crippen LogP contribution in [0.3, 0.4) is 0 Å². The molecule has 0 saturated heterocycles. The van der Waals surface area contributed by atoms with Gasteiger partial charge in [0.2, 0.25) is 0 Å². The van der Waals surface area contributed by atoms with Gasteiger partial charge in [-0.1, -0.05) is 84.9 Å². The lowest BCUT2D eigenvalue weighted by Gasteiger charge is -2.33. The van der Waals surface area contributed by atoms with E-state index < -0.39 is 0 Å². The average Bonchev–Trinajstić information content (AvgIpc) is 3.34. The highest BCUT2D eigenvalue weighted by Gasteiger charge is 2.25. The number of para-hydroxylation sites is 5. The molecule has 3 heteroatoms. The van der Waals surface area contributed by atoms with Crippen molar-refractivity contribution < 1.29 is 4.74 Å². The minimum atomic E-state index is 0.849. The first-order valence-electron chi connectivity index (χ1n) is 13.2. The topological polar surface area (TPSA) is 17.4 Å². The lowest BCUT2D eigenvalue weighted by molar-refractivity contribution is 0.477. The molecule has 8 rings (SSSR count). The second-order valence-corrected chi connectivity index (χ2v) is 9.84. The van der Waals surface area contributed by atoms with E-state index in [4.69, 9.17) is 4.74 Å². The minimum Gasteiger partial charge on any atom is -0.453 e. The maximum absolute atomic E-state index is 6.42. The minimum absolute atomic E-state index is 0.849. The summed E-state index contributed by atoms with van der Waals surface area (Å²) in [6.07, 6.45) is 0. The van der Waals surface area contributed by atoms with Crippen LogP contribution in [-0.2, 0) is 0 Å². The van der Waals surface area contributed by atoms with E-state index in [2.05, 4.69) is 137 Å². The Morgan fingerprint density at radius 1 is 0.410 bits per heavy atom. The molecule has 0 atom stereocenters. The van der Waals surface area contributed by atoms with Crippen molar-refractivity contribution >= 4 is 38.9 Å². The number of aromatic nitrogens is 1. The third kappa shape index (κ3) is 3.44. The Kier molecular flexibility index (Phi) is 4.82. The third-order valence-corrected chi connectivity index (χ3v) is 7.58. The van der Waals surface area contributed by atoms with E-state index in [-0.39, 0.29) is 0 Å². The first-order chi connectivity index (χ1) is 19.3. The fourth-order valence-electron chi connectivity index (χ4n) is 5.80. The highest BCUT2D eigenvalue weighted by Crippen LogP contribution is 2.51. The summed E-state index contributed by atoms with van der Waals surface area (Å²) < 4.78 is 8.77. The summed E-state index contributed by atoms with van der Waals surface area (Å²) in [4.78, 5) is 2.27. The normalized spacial score (nSPS) is 12.3. The van der Waals surface area contributed by atoms with Gasteiger partial charge < -0.3 is 14.2 Å². The Hall–Kier alpha value is -5.28. The molecular weight excluding hydrogens is 476 g/mol. The van der Waals surface area contributed by atoms with Gasteiger partial charge in [-0.05, 0) is 71.8 Å². The van der Waals surface area contributed by atoms with Crippen LogP contribution >= 0.6 is 0 Å². The highest BCUT2D eigenvalue weighted by molar-refractivity contribution is 6.09. The summed E-state index contributed by atoms with van der Waals surface area (Å²) >= 11 is 0. The predicted octanol–water partition coefficient (Wildman–Crippen LogP) is 10.0. The maximum Gasteiger partial charge on any atom is 0.152 e. The number of benzene rings is 6. The van der Waals surface area contributed by atoms with Gasteiger partial charge in [0.1, 0.15) is 0 Å². The molecule has 0 N–H and O–H groups in total. The van der Waals surface area contributed by atoms with Crippen molar-refractivity contribution in [3.63, 3.8) is 0 Å². The molecule has 0 radical (unpaired) electrons. The van der Waals surface area contributed by atoms with E-state index in [9.17, 15) is 0 Å². The number of rotatable bonds is 3. The molecule has 0 unspecified atom stereocenters. The average molecular weight is 501 g/mol. The zero-order chi connectivity index (χ0) is 25.8. The molecule has 1 aliphatic heterocycles. The van der Waals surface area contributed by atoms with Crippen molar-refractivity contribution in [3.8, 4) is 28.3 Å². The fraction of sp³-hybridized carbons (Fsp3) is 0. The Labute approximate surface area is 226 Å². The number of hydrogen-bond acceptors (Lipinski definition) is 2. The Morgan fingerprint density at radius 2 is 1.00 bits per heavy atom. The van der Waals surface area contributed by atoms with Crippen molar-refractivity contribution in [2.75, 3.05) is 4.90 Å². The van der Waals surface area contributed by atoms with Crippen LogP contribution in [-0.4, -0.2) is 4.57 Å². The van der Waals surface area contributed by atoms with Crippen LogP contribution in [0, 0.1) is 0 Å². The predicted molar refractivity (Wildman–Crippen MR) is 161 cm³/mol. The molecule has 1 aromatic heterocycles. The SMILES string of the molecule is c1ccc(N2c3ccccc3Oc3cc(-c4ccc(-n5c6ccccc6c6ccccc65)cc4)ccc32)cc1. The van der Waals surface area contributed by atoms with E-state index in [1.54, 1.807) is 0 Å². The van der Waals surface area contributed by atoms with Gasteiger partial charge in [0.15, 0.2) is 11.5 Å². The van der Waals surface area contributed by atoms with Crippen LogP contribution in [0.5, 0.6) is 11.5 Å². The van der Waals surface area contributed by atoms with Gasteiger partial charge in [0.05, 0.1) is 22.4 Å². The largest absolute Gasteiger partial charge is 0.453 e. The van der Waals surface area contributed by atoms with Crippen LogP contribution in [0.25, 0.3) is 38.6 Å². The number of ether oxygens (including phenoxy) is 1. The lowest BCUT2D eigenvalue weighted by Crippen LogP contribution is -2.15. The van der Waals surface area contributed by atoms with Gasteiger partial charge in [-0.15, -0.1) is 0 Å². The van der Waals surface area contributed by atoms with Crippen LogP contribution in [0.1, 0.15) is 0 Å². The molecule has 0 saturated carbocycles. The van der Waals surface area contributed by atoms with Crippen LogP contribution < -0.4 is 9.64 Å². The van der Waals surface area contributed by atoms with Crippen LogP contribution in [0.15, 0.2) is 146 Å². The van der Waals surface area contributed by atoms with Crippen molar-refractivity contribution in [2.45, 2.75) is 0 Å². The van der Waals surface area contributed by atoms with Crippen LogP contribution in [0.4, 0.5) is 17.1 Å². The van der Waals surface area contributed by atoms with Gasteiger partial charge in [-0.3, -0.25) is 0 Å². The van der Waals surface area contributed by atoms with Gasteiger partial charge in [-0.2, -0.15) is 0 Å². The number of fused-ring (bicyclic) bond motifs is 5. The van der Waals surface area contributed by atoms with E-state index in [1.165, 1.54) is 21.8 Å². The van der Waals surface area contributed by atoms with E-state index >= 15 is 0 Å². The number of nitrogens with zero attached hydrogens (tertiary/aromatic N) is 2. The monoisotopic (exact) mass is 500 g/mol. The smallest absolute Gasteiger partial charge is 0.152 e. The van der Waals surface area contributed by atoms with Gasteiger partial charge >= 0.3 is 0 Å². The second-order valence-electron chi connectivity index (χ2n) is 9.84. The van der Waals surface area contributed by atoms with E-state index in [0.717, 1.165) is 45.4 Å². The summed E-state index contributed by atoms with van der Waals surface area (Å²) in [5.41, 5.74) is 9.03. The van der Waals surface area contributed by atoms with E-state index in [1.807, 2.05) is 18.2 Å². The molecule has 7 aromatic rings. The Morgan fingerprint density at radius 3 is 1.74 bits per heavy atom. The second kappa shape index (κ2) is 8.64. The first-order valence-corrected chi connectivity index (χ1v) is 13.2. The first kappa shape index (κ1) is 21.8. The third-order valence-electron chi connectivity index (χ3n) is 7.58. The lowest BCUT2D eigenvalue weighted by atomic mass is 10.0. The molecule has 184 valence electrons. The Balaban J connectivity index is 1.21. The van der Waals surface area contributed by atoms with E-state index in [0.29, 0.717) is 0 Å². The van der Waals surface area contributed by atoms with Gasteiger partial charge in [0, 0.05) is 22.1 Å². The van der Waals surface area contributed by atoms with Crippen LogP contribution in [0.2, 0.25) is 0 Å². The molecule has 1 aliphatic rings. The zero-order valence-electron chi connectivity index (χ0n) is 21.2. The maximum atomic E-state index is 6.42. The number of anilines is 3. The molecule has 6 aromatic carbocycles. The summed E-state index contributed by atoms with van der Waals surface area (Å²) in [5.74, 6) is 1.70. The molecule has 0 aliphatic carbocycles. The quantitative estimate of drug-likeness (QED) is 0.240. The van der Waals surface area contributed by atoms with Crippen molar-refractivity contribution in [2.24, 2.45) is 0 Å². The highest BCUT2D eigenvalue weighted by atomic mass is 16.5. The molecule has 3 nitrogen and oxygen atoms in total. The van der Waals surface area contributed by atoms with Crippen molar-refractivity contribution in [1.29, 1.82) is 0 Å². The standard InChI is InChI=1S/C36H24N2O/c1-2-10-27(11-3-1)38-33-16-8-9-17-35(33)39-36-24-26(20-23-34(36)38)25-18-21-28(22-19-25)37-31-14-6-4-12-29(31)30-13-5-7-15-32(30)37/h1-24H. The molecule has 0 fully saturated rings. The molecule has 39 heavy (non-hydrogen) atoms. The van der Waals surface area contributed by atoms with Gasteiger partial charge in [0.25, 0.3) is 0 Å². The molecule has 2 heterocycles. The summed E-state index contributed by atoms with van der Waals surface area (Å²) in [6.45, 7) is 0. The summed E-state index contributed by atoms with van der Waals surface area (Å²) in [6, 6.07) is 51.2. The molecule has 0 amide bonds. The fourth-order valence-corrected chi connectivity index (χ4v) is 5.80. The molecular formula is C36H24N2O. The Bertz CT molecular complexity index is 1930. The molecule has 0 bridgehead atoms. The zero-order valence-corrected chi connectivity index (χ0v) is 21.2. The summed E-state index contributed by atoms with van der Waals surface area (Å²) in [5, 5.41) is 2.54. The summed E-state index contributed by atoms with van der Waals surface area (Å²) in [7, 11) is 0.